The maximum absolute atomic E-state index is 13.5. The number of sulfone groups is 1. The van der Waals surface area contributed by atoms with Gasteiger partial charge in [0.05, 0.1) is 29.2 Å². The lowest BCUT2D eigenvalue weighted by molar-refractivity contribution is -0.367. The summed E-state index contributed by atoms with van der Waals surface area (Å²) in [4.78, 5) is 33.9. The largest absolute Gasteiger partial charge is 0.457 e. The van der Waals surface area contributed by atoms with Crippen LogP contribution in [0.4, 0.5) is 18.0 Å². The number of rotatable bonds is 11. The average molecular weight is 630 g/mol. The Labute approximate surface area is 224 Å². The lowest BCUT2D eigenvalue weighted by atomic mass is 10.2. The van der Waals surface area contributed by atoms with Crippen LogP contribution in [0, 0.1) is 0 Å². The highest BCUT2D eigenvalue weighted by Crippen LogP contribution is 2.40. The van der Waals surface area contributed by atoms with Gasteiger partial charge in [-0.3, -0.25) is 4.89 Å². The molecule has 204 valence electrons. The third-order valence-corrected chi connectivity index (χ3v) is 6.89. The van der Waals surface area contributed by atoms with Crippen molar-refractivity contribution >= 4 is 49.6 Å². The Morgan fingerprint density at radius 3 is 2.41 bits per heavy atom. The zero-order chi connectivity index (χ0) is 27.8. The topological polar surface area (TPSA) is 108 Å². The van der Waals surface area contributed by atoms with E-state index in [4.69, 9.17) is 19.3 Å². The minimum absolute atomic E-state index is 0.0150. The van der Waals surface area contributed by atoms with Crippen LogP contribution in [0.25, 0.3) is 0 Å². The van der Waals surface area contributed by atoms with Gasteiger partial charge < -0.3 is 9.47 Å². The molecule has 2 aromatic carbocycles. The third kappa shape index (κ3) is 9.09. The number of amides is 1. The number of nitrogens with zero attached hydrogens (tertiary/aromatic N) is 1. The summed E-state index contributed by atoms with van der Waals surface area (Å²) in [6, 6.07) is 6.15. The summed E-state index contributed by atoms with van der Waals surface area (Å²) >= 11 is 4.44. The standard InChI is InChI=1S/C22H23BrF3NO8S2/c1-4-32-21(29)27(10-11-36-5-2)35-34-20(28)16-13-15(7-9-19(16)37(3,30)31)33-18-8-6-14(23)12-17(18)22(24,25)26/h6-9,12-13H,4-5,10-11H2,1-3H3. The van der Waals surface area contributed by atoms with E-state index in [-0.39, 0.29) is 23.4 Å². The van der Waals surface area contributed by atoms with E-state index < -0.39 is 49.8 Å². The molecule has 0 aliphatic carbocycles. The number of thioether (sulfide) groups is 1. The summed E-state index contributed by atoms with van der Waals surface area (Å²) in [7, 11) is -3.99. The van der Waals surface area contributed by atoms with Gasteiger partial charge in [0.1, 0.15) is 11.5 Å². The zero-order valence-corrected chi connectivity index (χ0v) is 23.1. The van der Waals surface area contributed by atoms with E-state index in [2.05, 4.69) is 15.9 Å². The average Bonchev–Trinajstić information content (AvgIpc) is 2.81. The number of halogens is 4. The molecule has 0 heterocycles. The molecule has 0 aromatic heterocycles. The fraction of sp³-hybridized carbons (Fsp3) is 0.364. The number of carbonyl (C=O) groups is 2. The molecule has 0 fully saturated rings. The molecule has 0 aliphatic heterocycles. The Kier molecular flexibility index (Phi) is 11.1. The predicted molar refractivity (Wildman–Crippen MR) is 132 cm³/mol. The quantitative estimate of drug-likeness (QED) is 0.171. The van der Waals surface area contributed by atoms with Crippen molar-refractivity contribution < 1.29 is 50.5 Å². The molecule has 37 heavy (non-hydrogen) atoms. The molecule has 0 unspecified atom stereocenters. The molecular weight excluding hydrogens is 607 g/mol. The SMILES string of the molecule is CCOC(=O)N(CCSCC)OOC(=O)c1cc(Oc2ccc(Br)cc2C(F)(F)F)ccc1S(C)(=O)=O. The Morgan fingerprint density at radius 1 is 1.11 bits per heavy atom. The molecular formula is C22H23BrF3NO8S2. The van der Waals surface area contributed by atoms with Gasteiger partial charge in [-0.1, -0.05) is 27.8 Å². The van der Waals surface area contributed by atoms with Crippen molar-refractivity contribution in [2.75, 3.05) is 30.9 Å². The highest BCUT2D eigenvalue weighted by atomic mass is 79.9. The van der Waals surface area contributed by atoms with Crippen LogP contribution >= 0.6 is 27.7 Å². The molecule has 0 N–H and O–H groups in total. The summed E-state index contributed by atoms with van der Waals surface area (Å²) in [5.74, 6) is -1.04. The highest BCUT2D eigenvalue weighted by molar-refractivity contribution is 9.10. The van der Waals surface area contributed by atoms with Crippen LogP contribution in [0.5, 0.6) is 11.5 Å². The zero-order valence-electron chi connectivity index (χ0n) is 19.8. The number of ether oxygens (including phenoxy) is 2. The lowest BCUT2D eigenvalue weighted by Gasteiger charge is -2.19. The van der Waals surface area contributed by atoms with Gasteiger partial charge in [0, 0.05) is 16.5 Å². The predicted octanol–water partition coefficient (Wildman–Crippen LogP) is 5.88. The van der Waals surface area contributed by atoms with Crippen molar-refractivity contribution in [3.8, 4) is 11.5 Å². The van der Waals surface area contributed by atoms with E-state index >= 15 is 0 Å². The van der Waals surface area contributed by atoms with E-state index in [0.717, 1.165) is 42.3 Å². The minimum atomic E-state index is -4.76. The Morgan fingerprint density at radius 2 is 1.81 bits per heavy atom. The van der Waals surface area contributed by atoms with Crippen molar-refractivity contribution in [1.82, 2.24) is 5.06 Å². The van der Waals surface area contributed by atoms with Crippen molar-refractivity contribution in [2.24, 2.45) is 0 Å². The van der Waals surface area contributed by atoms with Crippen molar-refractivity contribution in [3.63, 3.8) is 0 Å². The van der Waals surface area contributed by atoms with Gasteiger partial charge in [-0.2, -0.15) is 24.9 Å². The smallest absolute Gasteiger partial charge is 0.437 e. The van der Waals surface area contributed by atoms with Crippen LogP contribution in [0.2, 0.25) is 0 Å². The van der Waals surface area contributed by atoms with Crippen molar-refractivity contribution in [1.29, 1.82) is 0 Å². The van der Waals surface area contributed by atoms with E-state index in [0.29, 0.717) is 10.8 Å². The van der Waals surface area contributed by atoms with Gasteiger partial charge in [0.2, 0.25) is 0 Å². The number of hydrogen-bond acceptors (Lipinski definition) is 9. The second-order valence-corrected chi connectivity index (χ2v) is 11.4. The van der Waals surface area contributed by atoms with Gasteiger partial charge in [0.15, 0.2) is 9.84 Å². The van der Waals surface area contributed by atoms with Crippen LogP contribution in [0.15, 0.2) is 45.8 Å². The van der Waals surface area contributed by atoms with E-state index in [9.17, 15) is 31.2 Å². The maximum atomic E-state index is 13.5. The fourth-order valence-corrected chi connectivity index (χ4v) is 4.57. The van der Waals surface area contributed by atoms with Gasteiger partial charge in [0.25, 0.3) is 0 Å². The number of hydrogen-bond donors (Lipinski definition) is 0. The summed E-state index contributed by atoms with van der Waals surface area (Å²) in [6.07, 6.45) is -4.87. The Hall–Kier alpha value is -2.49. The van der Waals surface area contributed by atoms with Gasteiger partial charge in [-0.05, 0) is 49.1 Å². The van der Waals surface area contributed by atoms with Crippen LogP contribution in [0.1, 0.15) is 29.8 Å². The summed E-state index contributed by atoms with van der Waals surface area (Å²) < 4.78 is 75.1. The number of carbonyl (C=O) groups excluding carboxylic acids is 2. The van der Waals surface area contributed by atoms with Crippen LogP contribution in [-0.4, -0.2) is 56.5 Å². The highest BCUT2D eigenvalue weighted by Gasteiger charge is 2.35. The summed E-state index contributed by atoms with van der Waals surface area (Å²) in [6.45, 7) is 3.45. The Bertz CT molecular complexity index is 1220. The molecule has 2 rings (SSSR count). The number of benzene rings is 2. The van der Waals surface area contributed by atoms with Gasteiger partial charge >= 0.3 is 18.2 Å². The molecule has 0 aliphatic rings. The fourth-order valence-electron chi connectivity index (χ4n) is 2.77. The second kappa shape index (κ2) is 13.3. The minimum Gasteiger partial charge on any atom is -0.457 e. The number of alkyl halides is 3. The summed E-state index contributed by atoms with van der Waals surface area (Å²) in [5, 5.41) is 0.641. The molecule has 15 heteroatoms. The molecule has 0 radical (unpaired) electrons. The van der Waals surface area contributed by atoms with E-state index in [1.807, 2.05) is 6.92 Å². The summed E-state index contributed by atoms with van der Waals surface area (Å²) in [5.41, 5.74) is -1.69. The number of hydroxylamine groups is 2. The monoisotopic (exact) mass is 629 g/mol. The van der Waals surface area contributed by atoms with Gasteiger partial charge in [-0.25, -0.2) is 18.0 Å². The lowest BCUT2D eigenvalue weighted by Crippen LogP contribution is -2.34. The second-order valence-electron chi connectivity index (χ2n) is 7.11. The van der Waals surface area contributed by atoms with E-state index in [1.54, 1.807) is 6.92 Å². The molecule has 9 nitrogen and oxygen atoms in total. The Balaban J connectivity index is 2.36. The first kappa shape index (κ1) is 30.7. The van der Waals surface area contributed by atoms with E-state index in [1.165, 1.54) is 17.8 Å². The van der Waals surface area contributed by atoms with Crippen molar-refractivity contribution in [3.05, 3.63) is 52.0 Å². The first-order chi connectivity index (χ1) is 17.3. The molecule has 1 amide bonds. The normalized spacial score (nSPS) is 11.6. The first-order valence-corrected chi connectivity index (χ1v) is 14.4. The van der Waals surface area contributed by atoms with Gasteiger partial charge in [-0.15, -0.1) is 5.06 Å². The molecule has 0 spiro atoms. The molecule has 0 bridgehead atoms. The molecule has 0 saturated heterocycles. The molecule has 0 saturated carbocycles. The molecule has 0 atom stereocenters. The molecule has 2 aromatic rings. The van der Waals surface area contributed by atoms with Crippen LogP contribution in [-0.2, 0) is 30.6 Å². The third-order valence-electron chi connectivity index (χ3n) is 4.36. The van der Waals surface area contributed by atoms with Crippen LogP contribution < -0.4 is 4.74 Å². The van der Waals surface area contributed by atoms with Crippen molar-refractivity contribution in [2.45, 2.75) is 24.9 Å². The first-order valence-electron chi connectivity index (χ1n) is 10.6. The maximum Gasteiger partial charge on any atom is 0.437 e. The van der Waals surface area contributed by atoms with Crippen LogP contribution in [0.3, 0.4) is 0 Å².